The second-order valence-corrected chi connectivity index (χ2v) is 5.92. The van der Waals surface area contributed by atoms with Crippen molar-refractivity contribution < 1.29 is 4.79 Å². The van der Waals surface area contributed by atoms with Crippen LogP contribution in [-0.4, -0.2) is 26.3 Å². The fraction of sp³-hybridized carbons (Fsp3) is 0.308. The van der Waals surface area contributed by atoms with Gasteiger partial charge in [-0.3, -0.25) is 4.79 Å². The van der Waals surface area contributed by atoms with E-state index >= 15 is 0 Å². The molecular weight excluding hydrogens is 326 g/mol. The first-order valence-electron chi connectivity index (χ1n) is 5.95. The fourth-order valence-corrected chi connectivity index (χ4v) is 3.00. The van der Waals surface area contributed by atoms with Gasteiger partial charge >= 0.3 is 0 Å². The summed E-state index contributed by atoms with van der Waals surface area (Å²) in [6.45, 7) is 2.72. The van der Waals surface area contributed by atoms with E-state index in [1.54, 1.807) is 16.4 Å². The molecule has 4 nitrogen and oxygen atoms in total. The molecule has 0 saturated heterocycles. The Balaban J connectivity index is 1.88. The lowest BCUT2D eigenvalue weighted by Gasteiger charge is -2.03. The quantitative estimate of drug-likeness (QED) is 0.759. The van der Waals surface area contributed by atoms with Gasteiger partial charge in [-0.05, 0) is 25.1 Å². The highest BCUT2D eigenvalue weighted by Gasteiger charge is 2.10. The Kier molecular flexibility index (Phi) is 5.15. The number of nitrogens with zero attached hydrogens (tertiary/aromatic N) is 3. The Bertz CT molecular complexity index is 571. The number of aromatic nitrogens is 3. The van der Waals surface area contributed by atoms with Crippen molar-refractivity contribution in [2.75, 3.05) is 5.75 Å². The van der Waals surface area contributed by atoms with Crippen molar-refractivity contribution in [1.29, 1.82) is 0 Å². The maximum atomic E-state index is 11.9. The van der Waals surface area contributed by atoms with Crippen LogP contribution in [0.3, 0.4) is 0 Å². The van der Waals surface area contributed by atoms with Crippen LogP contribution in [0.1, 0.15) is 12.7 Å². The van der Waals surface area contributed by atoms with Crippen molar-refractivity contribution in [3.05, 3.63) is 40.9 Å². The summed E-state index contributed by atoms with van der Waals surface area (Å²) in [7, 11) is 0. The highest BCUT2D eigenvalue weighted by molar-refractivity contribution is 9.10. The minimum atomic E-state index is 0.160. The monoisotopic (exact) mass is 339 g/mol. The molecule has 1 aromatic heterocycles. The maximum Gasteiger partial charge on any atom is 0.150 e. The maximum absolute atomic E-state index is 11.9. The van der Waals surface area contributed by atoms with Crippen LogP contribution in [0, 0.1) is 0 Å². The molecule has 2 aromatic rings. The first kappa shape index (κ1) is 14.3. The van der Waals surface area contributed by atoms with E-state index in [0.29, 0.717) is 12.2 Å². The number of aryl methyl sites for hydroxylation is 1. The highest BCUT2D eigenvalue weighted by Crippen LogP contribution is 2.22. The fourth-order valence-electron chi connectivity index (χ4n) is 1.64. The van der Waals surface area contributed by atoms with E-state index in [1.807, 2.05) is 31.2 Å². The molecule has 0 aliphatic carbocycles. The first-order valence-corrected chi connectivity index (χ1v) is 7.73. The third-order valence-corrected chi connectivity index (χ3v) is 4.09. The number of ketones is 1. The predicted molar refractivity (Wildman–Crippen MR) is 79.3 cm³/mol. The van der Waals surface area contributed by atoms with Crippen LogP contribution in [-0.2, 0) is 17.8 Å². The second kappa shape index (κ2) is 6.86. The first-order chi connectivity index (χ1) is 9.19. The molecule has 0 bridgehead atoms. The molecule has 0 unspecified atom stereocenters. The van der Waals surface area contributed by atoms with E-state index < -0.39 is 0 Å². The van der Waals surface area contributed by atoms with E-state index in [0.717, 1.165) is 21.7 Å². The van der Waals surface area contributed by atoms with Gasteiger partial charge in [0, 0.05) is 15.9 Å². The number of hydrogen-bond acceptors (Lipinski definition) is 4. The van der Waals surface area contributed by atoms with Crippen LogP contribution in [0.5, 0.6) is 0 Å². The molecule has 0 aliphatic rings. The third-order valence-electron chi connectivity index (χ3n) is 2.55. The summed E-state index contributed by atoms with van der Waals surface area (Å²) in [5.74, 6) is 1.35. The second-order valence-electron chi connectivity index (χ2n) is 3.95. The minimum Gasteiger partial charge on any atom is -0.298 e. The average molecular weight is 340 g/mol. The molecule has 19 heavy (non-hydrogen) atoms. The lowest BCUT2D eigenvalue weighted by atomic mass is 10.3. The summed E-state index contributed by atoms with van der Waals surface area (Å²) < 4.78 is 2.78. The number of carbonyl (C=O) groups excluding carboxylic acids is 1. The Morgan fingerprint density at radius 2 is 2.32 bits per heavy atom. The van der Waals surface area contributed by atoms with Crippen LogP contribution in [0.4, 0.5) is 0 Å². The Morgan fingerprint density at radius 1 is 1.47 bits per heavy atom. The number of thioether (sulfide) groups is 1. The van der Waals surface area contributed by atoms with Gasteiger partial charge in [0.05, 0.1) is 12.2 Å². The van der Waals surface area contributed by atoms with Crippen LogP contribution in [0.2, 0.25) is 0 Å². The topological polar surface area (TPSA) is 47.8 Å². The molecule has 2 rings (SSSR count). The predicted octanol–water partition coefficient (Wildman–Crippen LogP) is 2.96. The summed E-state index contributed by atoms with van der Waals surface area (Å²) in [6.07, 6.45) is 1.84. The Hall–Kier alpha value is -1.14. The highest BCUT2D eigenvalue weighted by atomic mass is 79.9. The Morgan fingerprint density at radius 3 is 3.05 bits per heavy atom. The van der Waals surface area contributed by atoms with Crippen LogP contribution in [0.25, 0.3) is 0 Å². The third kappa shape index (κ3) is 4.18. The molecule has 0 radical (unpaired) electrons. The minimum absolute atomic E-state index is 0.160. The molecule has 0 aliphatic heterocycles. The smallest absolute Gasteiger partial charge is 0.150 e. The van der Waals surface area contributed by atoms with Gasteiger partial charge in [0.25, 0.3) is 0 Å². The van der Waals surface area contributed by atoms with Gasteiger partial charge in [-0.1, -0.05) is 22.0 Å². The van der Waals surface area contributed by atoms with E-state index in [-0.39, 0.29) is 5.78 Å². The van der Waals surface area contributed by atoms with E-state index in [2.05, 4.69) is 26.0 Å². The van der Waals surface area contributed by atoms with Crippen LogP contribution < -0.4 is 0 Å². The molecule has 0 saturated carbocycles. The Labute approximate surface area is 124 Å². The van der Waals surface area contributed by atoms with Gasteiger partial charge in [-0.15, -0.1) is 11.8 Å². The van der Waals surface area contributed by atoms with Crippen molar-refractivity contribution in [2.24, 2.45) is 0 Å². The summed E-state index contributed by atoms with van der Waals surface area (Å²) in [4.78, 5) is 17.1. The van der Waals surface area contributed by atoms with Gasteiger partial charge in [0.15, 0.2) is 5.78 Å². The van der Waals surface area contributed by atoms with E-state index in [9.17, 15) is 4.79 Å². The lowest BCUT2D eigenvalue weighted by molar-refractivity contribution is -0.116. The van der Waals surface area contributed by atoms with Crippen LogP contribution in [0.15, 0.2) is 40.0 Å². The van der Waals surface area contributed by atoms with Gasteiger partial charge in [-0.2, -0.15) is 5.10 Å². The van der Waals surface area contributed by atoms with Crippen molar-refractivity contribution in [2.45, 2.75) is 24.8 Å². The lowest BCUT2D eigenvalue weighted by Crippen LogP contribution is -2.12. The summed E-state index contributed by atoms with van der Waals surface area (Å²) in [5, 5.41) is 4.06. The van der Waals surface area contributed by atoms with Crippen molar-refractivity contribution >= 4 is 33.5 Å². The molecule has 0 fully saturated rings. The van der Waals surface area contributed by atoms with Crippen molar-refractivity contribution in [3.63, 3.8) is 0 Å². The SMILES string of the molecule is CCn1ncnc1CC(=O)CSc1cccc(Br)c1. The number of hydrogen-bond donors (Lipinski definition) is 0. The zero-order chi connectivity index (χ0) is 13.7. The zero-order valence-corrected chi connectivity index (χ0v) is 12.9. The van der Waals surface area contributed by atoms with E-state index in [1.165, 1.54) is 6.33 Å². The average Bonchev–Trinajstić information content (AvgIpc) is 2.84. The number of carbonyl (C=O) groups is 1. The summed E-state index contributed by atoms with van der Waals surface area (Å²) >= 11 is 4.96. The summed E-state index contributed by atoms with van der Waals surface area (Å²) in [6, 6.07) is 7.93. The number of halogens is 1. The normalized spacial score (nSPS) is 10.6. The van der Waals surface area contributed by atoms with Gasteiger partial charge in [0.2, 0.25) is 0 Å². The number of benzene rings is 1. The van der Waals surface area contributed by atoms with E-state index in [4.69, 9.17) is 0 Å². The largest absolute Gasteiger partial charge is 0.298 e. The van der Waals surface area contributed by atoms with Gasteiger partial charge < -0.3 is 0 Å². The molecule has 0 spiro atoms. The molecule has 0 N–H and O–H groups in total. The number of rotatable bonds is 6. The molecule has 0 atom stereocenters. The molecule has 100 valence electrons. The summed E-state index contributed by atoms with van der Waals surface area (Å²) in [5.41, 5.74) is 0. The molecular formula is C13H14BrN3OS. The van der Waals surface area contributed by atoms with Crippen molar-refractivity contribution in [1.82, 2.24) is 14.8 Å². The molecule has 6 heteroatoms. The molecule has 0 amide bonds. The van der Waals surface area contributed by atoms with Crippen molar-refractivity contribution in [3.8, 4) is 0 Å². The van der Waals surface area contributed by atoms with Gasteiger partial charge in [0.1, 0.15) is 12.2 Å². The van der Waals surface area contributed by atoms with Gasteiger partial charge in [-0.25, -0.2) is 9.67 Å². The molecule has 1 aromatic carbocycles. The molecule has 1 heterocycles. The standard InChI is InChI=1S/C13H14BrN3OS/c1-2-17-13(15-9-16-17)7-11(18)8-19-12-5-3-4-10(14)6-12/h3-6,9H,2,7-8H2,1H3. The number of Topliss-reactive ketones (excluding diaryl/α,β-unsaturated/α-hetero) is 1. The van der Waals surface area contributed by atoms with Crippen LogP contribution >= 0.6 is 27.7 Å². The zero-order valence-electron chi connectivity index (χ0n) is 10.5.